The molecule has 0 spiro atoms. The van der Waals surface area contributed by atoms with Gasteiger partial charge in [0.1, 0.15) is 11.6 Å². The highest BCUT2D eigenvalue weighted by Crippen LogP contribution is 2.38. The Hall–Kier alpha value is -2.77. The van der Waals surface area contributed by atoms with Crippen molar-refractivity contribution in [1.29, 1.82) is 0 Å². The normalized spacial score (nSPS) is 19.1. The van der Waals surface area contributed by atoms with E-state index in [0.29, 0.717) is 36.2 Å². The van der Waals surface area contributed by atoms with Crippen LogP contribution < -0.4 is 5.32 Å². The molecule has 1 N–H and O–H groups in total. The summed E-state index contributed by atoms with van der Waals surface area (Å²) in [7, 11) is 0. The van der Waals surface area contributed by atoms with Crippen molar-refractivity contribution in [1.82, 2.24) is 14.5 Å². The van der Waals surface area contributed by atoms with Gasteiger partial charge in [-0.05, 0) is 50.1 Å². The van der Waals surface area contributed by atoms with Gasteiger partial charge in [0.25, 0.3) is 0 Å². The molecule has 3 aromatic rings. The van der Waals surface area contributed by atoms with Gasteiger partial charge in [-0.1, -0.05) is 29.8 Å². The van der Waals surface area contributed by atoms with E-state index < -0.39 is 23.5 Å². The van der Waals surface area contributed by atoms with Crippen LogP contribution in [0.5, 0.6) is 0 Å². The Morgan fingerprint density at radius 3 is 2.67 bits per heavy atom. The van der Waals surface area contributed by atoms with Crippen LogP contribution >= 0.6 is 11.6 Å². The molecule has 174 valence electrons. The van der Waals surface area contributed by atoms with E-state index in [9.17, 15) is 13.6 Å². The molecule has 0 unspecified atom stereocenters. The zero-order chi connectivity index (χ0) is 23.8. The third-order valence-electron chi connectivity index (χ3n) is 6.16. The van der Waals surface area contributed by atoms with Crippen LogP contribution in [0.3, 0.4) is 0 Å². The molecule has 1 saturated heterocycles. The van der Waals surface area contributed by atoms with Gasteiger partial charge in [-0.3, -0.25) is 15.0 Å². The van der Waals surface area contributed by atoms with Gasteiger partial charge >= 0.3 is 0 Å². The second-order valence-corrected chi connectivity index (χ2v) is 9.89. The number of carbonyl (C=O) groups is 1. The maximum atomic E-state index is 14.7. The van der Waals surface area contributed by atoms with Crippen molar-refractivity contribution < 1.29 is 13.6 Å². The molecule has 1 aromatic heterocycles. The van der Waals surface area contributed by atoms with Gasteiger partial charge in [-0.2, -0.15) is 0 Å². The van der Waals surface area contributed by atoms with Crippen LogP contribution in [-0.2, 0) is 11.3 Å². The van der Waals surface area contributed by atoms with Gasteiger partial charge in [0.15, 0.2) is 0 Å². The van der Waals surface area contributed by atoms with Crippen LogP contribution in [-0.4, -0.2) is 39.0 Å². The fourth-order valence-electron chi connectivity index (χ4n) is 4.33. The van der Waals surface area contributed by atoms with Crippen LogP contribution in [0.4, 0.5) is 14.7 Å². The topological polar surface area (TPSA) is 50.2 Å². The van der Waals surface area contributed by atoms with Crippen molar-refractivity contribution in [3.63, 3.8) is 0 Å². The number of rotatable bonds is 5. The Morgan fingerprint density at radius 1 is 1.18 bits per heavy atom. The number of anilines is 1. The van der Waals surface area contributed by atoms with E-state index in [-0.39, 0.29) is 11.4 Å². The van der Waals surface area contributed by atoms with Crippen molar-refractivity contribution in [2.45, 2.75) is 38.8 Å². The second-order valence-electron chi connectivity index (χ2n) is 9.45. The zero-order valence-corrected chi connectivity index (χ0v) is 19.6. The Kier molecular flexibility index (Phi) is 6.54. The summed E-state index contributed by atoms with van der Waals surface area (Å²) in [4.78, 5) is 19.9. The van der Waals surface area contributed by atoms with E-state index in [4.69, 9.17) is 11.6 Å². The van der Waals surface area contributed by atoms with Crippen LogP contribution in [0, 0.1) is 17.6 Å². The molecule has 2 atom stereocenters. The number of halogens is 3. The number of nitrogens with one attached hydrogen (secondary N) is 1. The number of benzene rings is 2. The Labute approximate surface area is 197 Å². The fraction of sp³-hybridized carbons (Fsp3) is 0.360. The number of aromatic nitrogens is 2. The molecule has 1 aliphatic heterocycles. The average molecular weight is 473 g/mol. The molecule has 0 aliphatic carbocycles. The molecular formula is C25H27ClF2N4O. The van der Waals surface area contributed by atoms with E-state index in [2.05, 4.69) is 36.0 Å². The van der Waals surface area contributed by atoms with Gasteiger partial charge in [-0.15, -0.1) is 0 Å². The monoisotopic (exact) mass is 472 g/mol. The first-order valence-electron chi connectivity index (χ1n) is 10.9. The van der Waals surface area contributed by atoms with E-state index in [1.54, 1.807) is 18.5 Å². The van der Waals surface area contributed by atoms with Gasteiger partial charge in [0, 0.05) is 48.0 Å². The smallest absolute Gasteiger partial charge is 0.231 e. The van der Waals surface area contributed by atoms with E-state index in [1.165, 1.54) is 12.1 Å². The molecule has 0 bridgehead atoms. The lowest BCUT2D eigenvalue weighted by molar-refractivity contribution is -0.120. The van der Waals surface area contributed by atoms with Crippen LogP contribution in [0.1, 0.15) is 37.8 Å². The van der Waals surface area contributed by atoms with Crippen molar-refractivity contribution in [2.75, 3.05) is 18.4 Å². The summed E-state index contributed by atoms with van der Waals surface area (Å²) in [5.41, 5.74) is 1.13. The van der Waals surface area contributed by atoms with E-state index in [1.807, 2.05) is 22.8 Å². The summed E-state index contributed by atoms with van der Waals surface area (Å²) in [5.74, 6) is -2.01. The quantitative estimate of drug-likeness (QED) is 0.547. The lowest BCUT2D eigenvalue weighted by atomic mass is 9.88. The highest BCUT2D eigenvalue weighted by Gasteiger charge is 2.43. The summed E-state index contributed by atoms with van der Waals surface area (Å²) in [5, 5.41) is 3.56. The Bertz CT molecular complexity index is 1160. The molecule has 33 heavy (non-hydrogen) atoms. The summed E-state index contributed by atoms with van der Waals surface area (Å²) in [6, 6.07) is 11.0. The summed E-state index contributed by atoms with van der Waals surface area (Å²) in [6.07, 6.45) is 3.40. The number of nitrogens with zero attached hydrogens (tertiary/aromatic N) is 3. The molecule has 2 aromatic carbocycles. The van der Waals surface area contributed by atoms with Gasteiger partial charge in [-0.25, -0.2) is 13.8 Å². The maximum absolute atomic E-state index is 14.7. The van der Waals surface area contributed by atoms with Gasteiger partial charge < -0.3 is 4.57 Å². The van der Waals surface area contributed by atoms with Crippen molar-refractivity contribution >= 4 is 23.5 Å². The molecule has 1 fully saturated rings. The Balaban J connectivity index is 1.57. The minimum Gasteiger partial charge on any atom is -0.313 e. The second kappa shape index (κ2) is 9.23. The number of amides is 1. The zero-order valence-electron chi connectivity index (χ0n) is 18.9. The third-order valence-corrected chi connectivity index (χ3v) is 6.39. The van der Waals surface area contributed by atoms with Gasteiger partial charge in [0.2, 0.25) is 11.9 Å². The largest absolute Gasteiger partial charge is 0.313 e. The highest BCUT2D eigenvalue weighted by molar-refractivity contribution is 6.30. The lowest BCUT2D eigenvalue weighted by Crippen LogP contribution is -2.40. The fourth-order valence-corrected chi connectivity index (χ4v) is 4.54. The first-order chi connectivity index (χ1) is 15.6. The number of hydrogen-bond acceptors (Lipinski definition) is 3. The van der Waals surface area contributed by atoms with Gasteiger partial charge in [0.05, 0.1) is 12.5 Å². The highest BCUT2D eigenvalue weighted by atomic mass is 35.5. The minimum atomic E-state index is -0.633. The predicted octanol–water partition coefficient (Wildman–Crippen LogP) is 5.32. The molecule has 0 saturated carbocycles. The van der Waals surface area contributed by atoms with E-state index >= 15 is 0 Å². The van der Waals surface area contributed by atoms with Crippen molar-refractivity contribution in [3.05, 3.63) is 82.6 Å². The van der Waals surface area contributed by atoms with Crippen molar-refractivity contribution in [2.24, 2.45) is 5.92 Å². The molecular weight excluding hydrogens is 446 g/mol. The molecule has 0 radical (unpaired) electrons. The minimum absolute atomic E-state index is 0.200. The maximum Gasteiger partial charge on any atom is 0.231 e. The number of hydrogen-bond donors (Lipinski definition) is 1. The van der Waals surface area contributed by atoms with Crippen molar-refractivity contribution in [3.8, 4) is 0 Å². The molecule has 1 amide bonds. The third kappa shape index (κ3) is 5.25. The number of carbonyl (C=O) groups excluding carboxylic acids is 1. The standard InChI is InChI=1S/C25H27ClF2N4O/c1-25(2,3)32-14-20(19-8-7-18(27)12-22(19)28)21(15-32)23(33)30-24-29-9-10-31(24)13-16-5-4-6-17(26)11-16/h4-12,20-21H,13-15H2,1-3H3,(H,29,30,33)/t20-,21+/m0/s1. The Morgan fingerprint density at radius 2 is 1.97 bits per heavy atom. The van der Waals surface area contributed by atoms with E-state index in [0.717, 1.165) is 11.6 Å². The summed E-state index contributed by atoms with van der Waals surface area (Å²) < 4.78 is 30.0. The van der Waals surface area contributed by atoms with Crippen LogP contribution in [0.15, 0.2) is 54.9 Å². The van der Waals surface area contributed by atoms with Crippen LogP contribution in [0.2, 0.25) is 5.02 Å². The molecule has 5 nitrogen and oxygen atoms in total. The number of imidazole rings is 1. The first kappa shape index (κ1) is 23.4. The molecule has 4 rings (SSSR count). The lowest BCUT2D eigenvalue weighted by Gasteiger charge is -2.31. The van der Waals surface area contributed by atoms with Crippen LogP contribution in [0.25, 0.3) is 0 Å². The SMILES string of the molecule is CC(C)(C)N1C[C@@H](C(=O)Nc2nccn2Cc2cccc(Cl)c2)[C@H](c2ccc(F)cc2F)C1. The average Bonchev–Trinajstić information content (AvgIpc) is 3.35. The number of likely N-dealkylation sites (tertiary alicyclic amines) is 1. The first-order valence-corrected chi connectivity index (χ1v) is 11.3. The predicted molar refractivity (Wildman–Crippen MR) is 125 cm³/mol. The molecule has 1 aliphatic rings. The summed E-state index contributed by atoms with van der Waals surface area (Å²) in [6.45, 7) is 7.63. The summed E-state index contributed by atoms with van der Waals surface area (Å²) >= 11 is 6.09. The molecule has 2 heterocycles. The molecule has 8 heteroatoms.